The minimum Gasteiger partial charge on any atom is -0.311 e. The standard InChI is InChI=1S/C14H20N2O3S.ClH/c1-10-9-16(11(2)8-15-10)20(18,19)14-6-4-5-13(7-14)12(3)17;/h4-7,10-11,15H,8-9H2,1-3H3;1H. The molecule has 0 radical (unpaired) electrons. The van der Waals surface area contributed by atoms with Crippen molar-refractivity contribution in [3.63, 3.8) is 0 Å². The Labute approximate surface area is 132 Å². The lowest BCUT2D eigenvalue weighted by Gasteiger charge is -2.36. The molecule has 0 aromatic heterocycles. The molecule has 118 valence electrons. The van der Waals surface area contributed by atoms with Gasteiger partial charge in [-0.2, -0.15) is 4.31 Å². The quantitative estimate of drug-likeness (QED) is 0.855. The van der Waals surface area contributed by atoms with Crippen LogP contribution in [0.5, 0.6) is 0 Å². The first-order valence-corrected chi connectivity index (χ1v) is 8.12. The molecule has 1 saturated heterocycles. The van der Waals surface area contributed by atoms with Crippen LogP contribution in [0.25, 0.3) is 0 Å². The predicted molar refractivity (Wildman–Crippen MR) is 84.5 cm³/mol. The number of hydrogen-bond acceptors (Lipinski definition) is 4. The summed E-state index contributed by atoms with van der Waals surface area (Å²) >= 11 is 0. The molecule has 5 nitrogen and oxygen atoms in total. The normalized spacial score (nSPS) is 23.4. The van der Waals surface area contributed by atoms with Gasteiger partial charge in [-0.1, -0.05) is 12.1 Å². The number of rotatable bonds is 3. The van der Waals surface area contributed by atoms with Crippen molar-refractivity contribution in [2.24, 2.45) is 0 Å². The van der Waals surface area contributed by atoms with Crippen LogP contribution in [-0.2, 0) is 10.0 Å². The summed E-state index contributed by atoms with van der Waals surface area (Å²) in [4.78, 5) is 11.6. The fourth-order valence-corrected chi connectivity index (χ4v) is 4.10. The molecule has 2 atom stereocenters. The minimum absolute atomic E-state index is 0. The summed E-state index contributed by atoms with van der Waals surface area (Å²) in [6, 6.07) is 6.26. The van der Waals surface area contributed by atoms with Crippen LogP contribution in [0.4, 0.5) is 0 Å². The largest absolute Gasteiger partial charge is 0.311 e. The van der Waals surface area contributed by atoms with Crippen LogP contribution in [-0.4, -0.2) is 43.7 Å². The Hall–Kier alpha value is -0.950. The molecule has 2 unspecified atom stereocenters. The first-order chi connectivity index (χ1) is 9.32. The maximum Gasteiger partial charge on any atom is 0.243 e. The first-order valence-electron chi connectivity index (χ1n) is 6.68. The Morgan fingerprint density at radius 3 is 2.62 bits per heavy atom. The highest BCUT2D eigenvalue weighted by Gasteiger charge is 2.33. The molecular weight excluding hydrogens is 312 g/mol. The number of ketones is 1. The van der Waals surface area contributed by atoms with Gasteiger partial charge in [-0.05, 0) is 32.9 Å². The third-order valence-corrected chi connectivity index (χ3v) is 5.53. The summed E-state index contributed by atoms with van der Waals surface area (Å²) in [5.41, 5.74) is 0.418. The number of benzene rings is 1. The highest BCUT2D eigenvalue weighted by Crippen LogP contribution is 2.21. The minimum atomic E-state index is -3.56. The predicted octanol–water partition coefficient (Wildman–Crippen LogP) is 1.68. The van der Waals surface area contributed by atoms with E-state index in [0.29, 0.717) is 18.7 Å². The van der Waals surface area contributed by atoms with Crippen LogP contribution < -0.4 is 5.32 Å². The number of carbonyl (C=O) groups excluding carboxylic acids is 1. The highest BCUT2D eigenvalue weighted by atomic mass is 35.5. The second-order valence-corrected chi connectivity index (χ2v) is 7.21. The SMILES string of the molecule is CC(=O)c1cccc(S(=O)(=O)N2CC(C)NCC2C)c1.Cl. The number of carbonyl (C=O) groups is 1. The van der Waals surface area contributed by atoms with E-state index in [9.17, 15) is 13.2 Å². The maximum atomic E-state index is 12.7. The van der Waals surface area contributed by atoms with Crippen molar-refractivity contribution in [3.05, 3.63) is 29.8 Å². The molecule has 0 spiro atoms. The van der Waals surface area contributed by atoms with Gasteiger partial charge in [-0.15, -0.1) is 12.4 Å². The number of Topliss-reactive ketones (excluding diaryl/α,β-unsaturated/α-hetero) is 1. The van der Waals surface area contributed by atoms with Gasteiger partial charge in [0.05, 0.1) is 4.90 Å². The molecule has 21 heavy (non-hydrogen) atoms. The van der Waals surface area contributed by atoms with Gasteiger partial charge >= 0.3 is 0 Å². The molecule has 1 aromatic carbocycles. The van der Waals surface area contributed by atoms with Gasteiger partial charge in [0.1, 0.15) is 0 Å². The number of nitrogens with one attached hydrogen (secondary N) is 1. The summed E-state index contributed by atoms with van der Waals surface area (Å²) in [5.74, 6) is -0.135. The van der Waals surface area contributed by atoms with E-state index in [2.05, 4.69) is 5.32 Å². The molecule has 0 aliphatic carbocycles. The van der Waals surface area contributed by atoms with Crippen LogP contribution in [0, 0.1) is 0 Å². The van der Waals surface area contributed by atoms with E-state index in [1.165, 1.54) is 17.3 Å². The van der Waals surface area contributed by atoms with E-state index >= 15 is 0 Å². The van der Waals surface area contributed by atoms with Crippen LogP contribution in [0.3, 0.4) is 0 Å². The van der Waals surface area contributed by atoms with Gasteiger partial charge in [-0.3, -0.25) is 4.79 Å². The number of sulfonamides is 1. The third-order valence-electron chi connectivity index (χ3n) is 3.55. The first kappa shape index (κ1) is 18.1. The summed E-state index contributed by atoms with van der Waals surface area (Å²) in [5, 5.41) is 3.25. The van der Waals surface area contributed by atoms with Gasteiger partial charge in [-0.25, -0.2) is 8.42 Å². The van der Waals surface area contributed by atoms with Gasteiger partial charge in [0, 0.05) is 30.7 Å². The Morgan fingerprint density at radius 2 is 2.00 bits per heavy atom. The molecule has 7 heteroatoms. The number of hydrogen-bond donors (Lipinski definition) is 1. The van der Waals surface area contributed by atoms with Crippen molar-refractivity contribution >= 4 is 28.2 Å². The second kappa shape index (κ2) is 6.87. The zero-order chi connectivity index (χ0) is 14.9. The molecule has 0 bridgehead atoms. The fraction of sp³-hybridized carbons (Fsp3) is 0.500. The van der Waals surface area contributed by atoms with Crippen molar-refractivity contribution in [1.29, 1.82) is 0 Å². The summed E-state index contributed by atoms with van der Waals surface area (Å²) < 4.78 is 26.9. The van der Waals surface area contributed by atoms with Crippen LogP contribution in [0.2, 0.25) is 0 Å². The zero-order valence-corrected chi connectivity index (χ0v) is 14.0. The third kappa shape index (κ3) is 3.83. The molecule has 1 fully saturated rings. The lowest BCUT2D eigenvalue weighted by molar-refractivity contribution is 0.101. The molecule has 1 aromatic rings. The Balaban J connectivity index is 0.00000220. The van der Waals surface area contributed by atoms with E-state index in [4.69, 9.17) is 0 Å². The van der Waals surface area contributed by atoms with Gasteiger partial charge < -0.3 is 5.32 Å². The average Bonchev–Trinajstić information content (AvgIpc) is 2.41. The Kier molecular flexibility index (Phi) is 5.92. The summed E-state index contributed by atoms with van der Waals surface area (Å²) in [7, 11) is -3.56. The van der Waals surface area contributed by atoms with Gasteiger partial charge in [0.25, 0.3) is 0 Å². The van der Waals surface area contributed by atoms with Crippen LogP contribution in [0.15, 0.2) is 29.2 Å². The van der Waals surface area contributed by atoms with E-state index in [1.807, 2.05) is 13.8 Å². The van der Waals surface area contributed by atoms with Crippen LogP contribution in [0.1, 0.15) is 31.1 Å². The fourth-order valence-electron chi connectivity index (χ4n) is 2.33. The number of nitrogens with zero attached hydrogens (tertiary/aromatic N) is 1. The van der Waals surface area contributed by atoms with Crippen molar-refractivity contribution in [1.82, 2.24) is 9.62 Å². The monoisotopic (exact) mass is 332 g/mol. The van der Waals surface area contributed by atoms with E-state index in [1.54, 1.807) is 18.2 Å². The van der Waals surface area contributed by atoms with Crippen molar-refractivity contribution in [2.45, 2.75) is 37.8 Å². The van der Waals surface area contributed by atoms with E-state index < -0.39 is 10.0 Å². The number of halogens is 1. The molecule has 0 amide bonds. The summed E-state index contributed by atoms with van der Waals surface area (Å²) in [6.45, 7) is 6.34. The molecular formula is C14H21ClN2O3S. The lowest BCUT2D eigenvalue weighted by Crippen LogP contribution is -2.56. The summed E-state index contributed by atoms with van der Waals surface area (Å²) in [6.07, 6.45) is 0. The van der Waals surface area contributed by atoms with Crippen molar-refractivity contribution in [3.8, 4) is 0 Å². The molecule has 2 rings (SSSR count). The van der Waals surface area contributed by atoms with Gasteiger partial charge in [0.2, 0.25) is 10.0 Å². The highest BCUT2D eigenvalue weighted by molar-refractivity contribution is 7.89. The average molecular weight is 333 g/mol. The molecule has 1 heterocycles. The Bertz CT molecular complexity index is 618. The maximum absolute atomic E-state index is 12.7. The zero-order valence-electron chi connectivity index (χ0n) is 12.4. The van der Waals surface area contributed by atoms with Crippen LogP contribution >= 0.6 is 12.4 Å². The number of piperazine rings is 1. The molecule has 0 saturated carbocycles. The van der Waals surface area contributed by atoms with Crippen molar-refractivity contribution in [2.75, 3.05) is 13.1 Å². The second-order valence-electron chi connectivity index (χ2n) is 5.32. The topological polar surface area (TPSA) is 66.5 Å². The molecule has 1 aliphatic rings. The van der Waals surface area contributed by atoms with E-state index in [0.717, 1.165) is 0 Å². The van der Waals surface area contributed by atoms with Crippen molar-refractivity contribution < 1.29 is 13.2 Å². The van der Waals surface area contributed by atoms with Gasteiger partial charge in [0.15, 0.2) is 5.78 Å². The Morgan fingerprint density at radius 1 is 1.33 bits per heavy atom. The lowest BCUT2D eigenvalue weighted by atomic mass is 10.2. The molecule has 1 N–H and O–H groups in total. The smallest absolute Gasteiger partial charge is 0.243 e. The molecule has 1 aliphatic heterocycles. The van der Waals surface area contributed by atoms with E-state index in [-0.39, 0.29) is 35.2 Å².